The first kappa shape index (κ1) is 16.9. The molecule has 124 valence electrons. The van der Waals surface area contributed by atoms with E-state index in [9.17, 15) is 9.59 Å². The molecule has 0 heterocycles. The fourth-order valence-corrected chi connectivity index (χ4v) is 3.96. The fraction of sp³-hybridized carbons (Fsp3) is 0.263. The summed E-state index contributed by atoms with van der Waals surface area (Å²) in [6.07, 6.45) is 1.52. The third-order valence-electron chi connectivity index (χ3n) is 4.07. The number of ketones is 2. The predicted octanol–water partition coefficient (Wildman–Crippen LogP) is 3.00. The summed E-state index contributed by atoms with van der Waals surface area (Å²) in [7, 11) is 0. The number of aliphatic hydroxyl groups is 1. The molecule has 0 fully saturated rings. The lowest BCUT2D eigenvalue weighted by atomic mass is 9.84. The van der Waals surface area contributed by atoms with Gasteiger partial charge in [-0.2, -0.15) is 0 Å². The van der Waals surface area contributed by atoms with E-state index in [-0.39, 0.29) is 11.6 Å². The number of hydrogen-bond acceptors (Lipinski definition) is 5. The number of benzene rings is 2. The van der Waals surface area contributed by atoms with E-state index >= 15 is 0 Å². The maximum atomic E-state index is 12.8. The standard InChI is InChI=1S/C19H19NO3S/c20-16(21)10-3-4-11-24-15-9-5-8-14-17(15)19(23)13-7-2-1-6-12(13)18(14)22/h1-2,5-9,16,21H,3-4,10-11,20H2. The Hall–Kier alpha value is -1.95. The van der Waals surface area contributed by atoms with Crippen LogP contribution >= 0.6 is 11.8 Å². The van der Waals surface area contributed by atoms with Crippen molar-refractivity contribution in [3.63, 3.8) is 0 Å². The van der Waals surface area contributed by atoms with Crippen LogP contribution in [0.15, 0.2) is 47.4 Å². The lowest BCUT2D eigenvalue weighted by molar-refractivity contribution is 0.0977. The first-order chi connectivity index (χ1) is 11.6. The average molecular weight is 341 g/mol. The molecule has 0 bridgehead atoms. The Kier molecular flexibility index (Phi) is 5.14. The van der Waals surface area contributed by atoms with Gasteiger partial charge >= 0.3 is 0 Å². The largest absolute Gasteiger partial charge is 0.379 e. The van der Waals surface area contributed by atoms with Gasteiger partial charge in [0.25, 0.3) is 0 Å². The Morgan fingerprint density at radius 2 is 1.58 bits per heavy atom. The van der Waals surface area contributed by atoms with E-state index in [0.717, 1.165) is 23.5 Å². The molecule has 2 aromatic carbocycles. The fourth-order valence-electron chi connectivity index (χ4n) is 2.87. The quantitative estimate of drug-likeness (QED) is 0.409. The lowest BCUT2D eigenvalue weighted by Gasteiger charge is -2.19. The zero-order valence-corrected chi connectivity index (χ0v) is 14.0. The summed E-state index contributed by atoms with van der Waals surface area (Å²) >= 11 is 1.57. The number of fused-ring (bicyclic) bond motifs is 2. The minimum Gasteiger partial charge on any atom is -0.379 e. The van der Waals surface area contributed by atoms with Crippen molar-refractivity contribution in [1.29, 1.82) is 0 Å². The Morgan fingerprint density at radius 1 is 0.917 bits per heavy atom. The summed E-state index contributed by atoms with van der Waals surface area (Å²) < 4.78 is 0. The van der Waals surface area contributed by atoms with Gasteiger partial charge in [-0.25, -0.2) is 0 Å². The Labute approximate surface area is 145 Å². The van der Waals surface area contributed by atoms with Crippen LogP contribution in [0, 0.1) is 0 Å². The van der Waals surface area contributed by atoms with Crippen LogP contribution in [0.4, 0.5) is 0 Å². The monoisotopic (exact) mass is 341 g/mol. The van der Waals surface area contributed by atoms with Crippen LogP contribution in [0.2, 0.25) is 0 Å². The second-order valence-corrected chi connectivity index (χ2v) is 6.93. The summed E-state index contributed by atoms with van der Waals surface area (Å²) in [5, 5.41) is 9.07. The number of thioether (sulfide) groups is 1. The van der Waals surface area contributed by atoms with Gasteiger partial charge in [-0.05, 0) is 31.1 Å². The topological polar surface area (TPSA) is 80.4 Å². The Morgan fingerprint density at radius 3 is 2.29 bits per heavy atom. The minimum absolute atomic E-state index is 0.0827. The van der Waals surface area contributed by atoms with E-state index in [2.05, 4.69) is 0 Å². The molecule has 24 heavy (non-hydrogen) atoms. The summed E-state index contributed by atoms with van der Waals surface area (Å²) in [6, 6.07) is 12.4. The predicted molar refractivity (Wildman–Crippen MR) is 94.5 cm³/mol. The van der Waals surface area contributed by atoms with Gasteiger partial charge < -0.3 is 10.8 Å². The van der Waals surface area contributed by atoms with Crippen molar-refractivity contribution >= 4 is 23.3 Å². The SMILES string of the molecule is NC(O)CCCCSc1cccc2c1C(=O)c1ccccc1C2=O. The van der Waals surface area contributed by atoms with Crippen molar-refractivity contribution < 1.29 is 14.7 Å². The van der Waals surface area contributed by atoms with Crippen molar-refractivity contribution in [3.8, 4) is 0 Å². The molecule has 2 aromatic rings. The normalized spacial score (nSPS) is 14.2. The van der Waals surface area contributed by atoms with Gasteiger partial charge in [-0.3, -0.25) is 9.59 Å². The minimum atomic E-state index is -0.768. The zero-order chi connectivity index (χ0) is 17.1. The van der Waals surface area contributed by atoms with Gasteiger partial charge in [0.1, 0.15) is 6.23 Å². The summed E-state index contributed by atoms with van der Waals surface area (Å²) in [6.45, 7) is 0. The first-order valence-corrected chi connectivity index (χ1v) is 8.96. The molecule has 3 N–H and O–H groups in total. The molecule has 0 amide bonds. The number of rotatable bonds is 6. The van der Waals surface area contributed by atoms with E-state index in [1.165, 1.54) is 0 Å². The summed E-state index contributed by atoms with van der Waals surface area (Å²) in [5.41, 5.74) is 7.29. The van der Waals surface area contributed by atoms with Crippen molar-refractivity contribution in [1.82, 2.24) is 0 Å². The van der Waals surface area contributed by atoms with Gasteiger partial charge in [0.05, 0.1) is 0 Å². The van der Waals surface area contributed by atoms with Crippen LogP contribution in [0.3, 0.4) is 0 Å². The smallest absolute Gasteiger partial charge is 0.195 e. The Balaban J connectivity index is 1.82. The third kappa shape index (κ3) is 3.29. The highest BCUT2D eigenvalue weighted by molar-refractivity contribution is 7.99. The molecular formula is C19H19NO3S. The van der Waals surface area contributed by atoms with Crippen LogP contribution < -0.4 is 5.73 Å². The van der Waals surface area contributed by atoms with Gasteiger partial charge in [0, 0.05) is 27.1 Å². The van der Waals surface area contributed by atoms with E-state index in [4.69, 9.17) is 10.8 Å². The molecular weight excluding hydrogens is 322 g/mol. The molecule has 0 spiro atoms. The van der Waals surface area contributed by atoms with Crippen LogP contribution in [-0.2, 0) is 0 Å². The maximum Gasteiger partial charge on any atom is 0.195 e. The number of carbonyl (C=O) groups excluding carboxylic acids is 2. The highest BCUT2D eigenvalue weighted by Crippen LogP contribution is 2.34. The molecule has 1 atom stereocenters. The molecule has 3 rings (SSSR count). The zero-order valence-electron chi connectivity index (χ0n) is 13.2. The molecule has 5 heteroatoms. The summed E-state index contributed by atoms with van der Waals surface area (Å²) in [5.74, 6) is 0.640. The molecule has 4 nitrogen and oxygen atoms in total. The maximum absolute atomic E-state index is 12.8. The molecule has 0 saturated carbocycles. The highest BCUT2D eigenvalue weighted by atomic mass is 32.2. The molecule has 0 aromatic heterocycles. The average Bonchev–Trinajstić information content (AvgIpc) is 2.59. The van der Waals surface area contributed by atoms with Crippen LogP contribution in [-0.4, -0.2) is 28.7 Å². The number of nitrogens with two attached hydrogens (primary N) is 1. The highest BCUT2D eigenvalue weighted by Gasteiger charge is 2.31. The molecule has 0 radical (unpaired) electrons. The van der Waals surface area contributed by atoms with E-state index in [0.29, 0.717) is 28.7 Å². The first-order valence-electron chi connectivity index (χ1n) is 7.97. The van der Waals surface area contributed by atoms with Crippen molar-refractivity contribution in [3.05, 3.63) is 64.7 Å². The van der Waals surface area contributed by atoms with Crippen LogP contribution in [0.1, 0.15) is 51.1 Å². The number of unbranched alkanes of at least 4 members (excludes halogenated alkanes) is 1. The van der Waals surface area contributed by atoms with Gasteiger partial charge in [0.2, 0.25) is 0 Å². The van der Waals surface area contributed by atoms with Gasteiger partial charge in [-0.1, -0.05) is 36.4 Å². The lowest BCUT2D eigenvalue weighted by Crippen LogP contribution is -2.21. The molecule has 1 unspecified atom stereocenters. The van der Waals surface area contributed by atoms with Gasteiger partial charge in [0.15, 0.2) is 11.6 Å². The number of hydrogen-bond donors (Lipinski definition) is 2. The van der Waals surface area contributed by atoms with Crippen molar-refractivity contribution in [2.45, 2.75) is 30.4 Å². The Bertz CT molecular complexity index is 786. The number of carbonyl (C=O) groups is 2. The third-order valence-corrected chi connectivity index (χ3v) is 5.21. The molecule has 0 saturated heterocycles. The summed E-state index contributed by atoms with van der Waals surface area (Å²) in [4.78, 5) is 26.3. The molecule has 1 aliphatic carbocycles. The van der Waals surface area contributed by atoms with Gasteiger partial charge in [-0.15, -0.1) is 11.8 Å². The van der Waals surface area contributed by atoms with Crippen LogP contribution in [0.5, 0.6) is 0 Å². The van der Waals surface area contributed by atoms with Crippen LogP contribution in [0.25, 0.3) is 0 Å². The van der Waals surface area contributed by atoms with E-state index < -0.39 is 6.23 Å². The second kappa shape index (κ2) is 7.30. The second-order valence-electron chi connectivity index (χ2n) is 5.79. The molecule has 1 aliphatic rings. The van der Waals surface area contributed by atoms with Crippen molar-refractivity contribution in [2.75, 3.05) is 5.75 Å². The van der Waals surface area contributed by atoms with E-state index in [1.54, 1.807) is 42.1 Å². The van der Waals surface area contributed by atoms with E-state index in [1.807, 2.05) is 12.1 Å². The van der Waals surface area contributed by atoms with Crippen molar-refractivity contribution in [2.24, 2.45) is 5.73 Å². The molecule has 0 aliphatic heterocycles. The number of aliphatic hydroxyl groups excluding tert-OH is 1.